The van der Waals surface area contributed by atoms with Crippen LogP contribution in [0, 0.1) is 17.8 Å². The molecule has 0 aromatic carbocycles. The Bertz CT molecular complexity index is 178. The maximum atomic E-state index is 6.12. The Morgan fingerprint density at radius 2 is 2.09 bits per heavy atom. The van der Waals surface area contributed by atoms with E-state index in [1.165, 1.54) is 19.3 Å². The third-order valence-corrected chi connectivity index (χ3v) is 3.97. The molecule has 0 aromatic heterocycles. The zero-order valence-corrected chi connectivity index (χ0v) is 6.70. The van der Waals surface area contributed by atoms with Crippen LogP contribution < -0.4 is 5.73 Å². The van der Waals surface area contributed by atoms with Crippen LogP contribution in [0.4, 0.5) is 0 Å². The van der Waals surface area contributed by atoms with E-state index in [2.05, 4.69) is 0 Å². The first-order valence-electron chi connectivity index (χ1n) is 4.73. The summed E-state index contributed by atoms with van der Waals surface area (Å²) in [5.41, 5.74) is 6.12. The Morgan fingerprint density at radius 3 is 2.91 bits per heavy atom. The van der Waals surface area contributed by atoms with Crippen LogP contribution in [-0.2, 0) is 4.74 Å². The molecular formula is C9H15NO. The summed E-state index contributed by atoms with van der Waals surface area (Å²) in [5, 5.41) is 0. The van der Waals surface area contributed by atoms with Crippen molar-refractivity contribution >= 4 is 0 Å². The van der Waals surface area contributed by atoms with Crippen LogP contribution in [0.3, 0.4) is 0 Å². The lowest BCUT2D eigenvalue weighted by atomic mass is 9.62. The molecule has 3 saturated carbocycles. The standard InChI is InChI=1S/C9H15NO/c10-9-5-1-2-6-7(9)4-11-8(6)3-5/h5-9H,1-4,10H2/t5-,6-,7-,8-,9-/m0/s1. The normalized spacial score (nSPS) is 60.3. The summed E-state index contributed by atoms with van der Waals surface area (Å²) in [4.78, 5) is 0. The van der Waals surface area contributed by atoms with Crippen LogP contribution in [0.25, 0.3) is 0 Å². The Balaban J connectivity index is 1.96. The van der Waals surface area contributed by atoms with Gasteiger partial charge in [-0.15, -0.1) is 0 Å². The molecule has 0 spiro atoms. The van der Waals surface area contributed by atoms with Gasteiger partial charge in [0.05, 0.1) is 12.7 Å². The average Bonchev–Trinajstić information content (AvgIpc) is 2.39. The molecule has 4 fully saturated rings. The largest absolute Gasteiger partial charge is 0.378 e. The van der Waals surface area contributed by atoms with Crippen molar-refractivity contribution in [2.45, 2.75) is 31.4 Å². The first-order valence-corrected chi connectivity index (χ1v) is 4.73. The van der Waals surface area contributed by atoms with Gasteiger partial charge in [-0.25, -0.2) is 0 Å². The van der Waals surface area contributed by atoms with Gasteiger partial charge in [-0.2, -0.15) is 0 Å². The Hall–Kier alpha value is -0.0800. The molecule has 0 radical (unpaired) electrons. The second-order valence-electron chi connectivity index (χ2n) is 4.35. The van der Waals surface area contributed by atoms with Gasteiger partial charge < -0.3 is 10.5 Å². The van der Waals surface area contributed by atoms with E-state index in [0.717, 1.165) is 18.4 Å². The molecule has 5 atom stereocenters. The predicted octanol–water partition coefficient (Wildman–Crippen LogP) is 0.759. The number of hydrogen-bond donors (Lipinski definition) is 1. The highest BCUT2D eigenvalue weighted by molar-refractivity contribution is 5.02. The van der Waals surface area contributed by atoms with Crippen molar-refractivity contribution in [3.05, 3.63) is 0 Å². The van der Waals surface area contributed by atoms with E-state index in [9.17, 15) is 0 Å². The molecule has 0 unspecified atom stereocenters. The highest BCUT2D eigenvalue weighted by atomic mass is 16.5. The molecular weight excluding hydrogens is 138 g/mol. The second-order valence-corrected chi connectivity index (χ2v) is 4.35. The highest BCUT2D eigenvalue weighted by Gasteiger charge is 2.51. The summed E-state index contributed by atoms with van der Waals surface area (Å²) in [6.45, 7) is 0.951. The lowest BCUT2D eigenvalue weighted by Crippen LogP contribution is -2.51. The second kappa shape index (κ2) is 1.99. The van der Waals surface area contributed by atoms with Crippen molar-refractivity contribution in [3.8, 4) is 0 Å². The molecule has 62 valence electrons. The highest BCUT2D eigenvalue weighted by Crippen LogP contribution is 2.49. The van der Waals surface area contributed by atoms with Crippen molar-refractivity contribution < 1.29 is 4.74 Å². The number of ether oxygens (including phenoxy) is 1. The fourth-order valence-corrected chi connectivity index (χ4v) is 3.32. The fraction of sp³-hybridized carbons (Fsp3) is 1.00. The van der Waals surface area contributed by atoms with Crippen LogP contribution in [0.1, 0.15) is 19.3 Å². The summed E-state index contributed by atoms with van der Waals surface area (Å²) >= 11 is 0. The Labute approximate surface area is 67.1 Å². The quantitative estimate of drug-likeness (QED) is 0.557. The van der Waals surface area contributed by atoms with Crippen molar-refractivity contribution in [2.75, 3.05) is 6.61 Å². The van der Waals surface area contributed by atoms with E-state index in [1.807, 2.05) is 0 Å². The van der Waals surface area contributed by atoms with Gasteiger partial charge >= 0.3 is 0 Å². The Morgan fingerprint density at radius 1 is 1.18 bits per heavy atom. The summed E-state index contributed by atoms with van der Waals surface area (Å²) < 4.78 is 5.70. The first kappa shape index (κ1) is 6.44. The average molecular weight is 153 g/mol. The number of nitrogens with two attached hydrogens (primary N) is 1. The summed E-state index contributed by atoms with van der Waals surface area (Å²) in [7, 11) is 0. The fourth-order valence-electron chi connectivity index (χ4n) is 3.32. The topological polar surface area (TPSA) is 35.2 Å². The van der Waals surface area contributed by atoms with Crippen LogP contribution >= 0.6 is 0 Å². The summed E-state index contributed by atoms with van der Waals surface area (Å²) in [6.07, 6.45) is 4.59. The third kappa shape index (κ3) is 0.695. The van der Waals surface area contributed by atoms with Crippen LogP contribution in [0.5, 0.6) is 0 Å². The smallest absolute Gasteiger partial charge is 0.0610 e. The van der Waals surface area contributed by atoms with Gasteiger partial charge in [0.2, 0.25) is 0 Å². The van der Waals surface area contributed by atoms with Gasteiger partial charge in [-0.1, -0.05) is 0 Å². The van der Waals surface area contributed by atoms with E-state index in [-0.39, 0.29) is 0 Å². The van der Waals surface area contributed by atoms with Gasteiger partial charge in [0.15, 0.2) is 0 Å². The number of rotatable bonds is 0. The zero-order chi connectivity index (χ0) is 7.42. The lowest BCUT2D eigenvalue weighted by molar-refractivity contribution is 0.0259. The summed E-state index contributed by atoms with van der Waals surface area (Å²) in [5.74, 6) is 2.33. The van der Waals surface area contributed by atoms with Gasteiger partial charge in [0.25, 0.3) is 0 Å². The maximum absolute atomic E-state index is 6.12. The molecule has 2 N–H and O–H groups in total. The molecule has 4 rings (SSSR count). The molecule has 1 aliphatic heterocycles. The van der Waals surface area contributed by atoms with Gasteiger partial charge in [0, 0.05) is 12.0 Å². The van der Waals surface area contributed by atoms with Crippen molar-refractivity contribution in [1.29, 1.82) is 0 Å². The molecule has 0 aromatic rings. The number of fused-ring (bicyclic) bond motifs is 1. The van der Waals surface area contributed by atoms with Crippen molar-refractivity contribution in [3.63, 3.8) is 0 Å². The van der Waals surface area contributed by atoms with E-state index in [4.69, 9.17) is 10.5 Å². The predicted molar refractivity (Wildman–Crippen MR) is 42.0 cm³/mol. The molecule has 4 aliphatic rings. The molecule has 3 aliphatic carbocycles. The minimum atomic E-state index is 0.465. The Kier molecular flexibility index (Phi) is 1.16. The third-order valence-electron chi connectivity index (χ3n) is 3.97. The van der Waals surface area contributed by atoms with Gasteiger partial charge in [-0.05, 0) is 31.1 Å². The lowest BCUT2D eigenvalue weighted by Gasteiger charge is -2.44. The number of hydrogen-bond acceptors (Lipinski definition) is 2. The SMILES string of the molecule is N[C@H]1[C@H]2CC[C@H]3[C@@H]1CO[C@H]3C2. The minimum absolute atomic E-state index is 0.465. The van der Waals surface area contributed by atoms with E-state index in [1.54, 1.807) is 0 Å². The zero-order valence-electron chi connectivity index (χ0n) is 6.70. The first-order chi connectivity index (χ1) is 5.36. The molecule has 2 heteroatoms. The van der Waals surface area contributed by atoms with Gasteiger partial charge in [0.1, 0.15) is 0 Å². The van der Waals surface area contributed by atoms with Crippen LogP contribution in [-0.4, -0.2) is 18.8 Å². The van der Waals surface area contributed by atoms with E-state index in [0.29, 0.717) is 18.1 Å². The molecule has 0 amide bonds. The van der Waals surface area contributed by atoms with E-state index >= 15 is 0 Å². The summed E-state index contributed by atoms with van der Waals surface area (Å²) in [6, 6.07) is 0.465. The maximum Gasteiger partial charge on any atom is 0.0610 e. The molecule has 1 saturated heterocycles. The van der Waals surface area contributed by atoms with Crippen LogP contribution in [0.15, 0.2) is 0 Å². The monoisotopic (exact) mass is 153 g/mol. The van der Waals surface area contributed by atoms with Gasteiger partial charge in [-0.3, -0.25) is 0 Å². The van der Waals surface area contributed by atoms with Crippen LogP contribution in [0.2, 0.25) is 0 Å². The molecule has 4 bridgehead atoms. The van der Waals surface area contributed by atoms with Crippen molar-refractivity contribution in [2.24, 2.45) is 23.5 Å². The molecule has 2 nitrogen and oxygen atoms in total. The minimum Gasteiger partial charge on any atom is -0.378 e. The van der Waals surface area contributed by atoms with Crippen molar-refractivity contribution in [1.82, 2.24) is 0 Å². The molecule has 1 heterocycles. The molecule has 11 heavy (non-hydrogen) atoms. The van der Waals surface area contributed by atoms with E-state index < -0.39 is 0 Å².